The highest BCUT2D eigenvalue weighted by molar-refractivity contribution is 7.07. The van der Waals surface area contributed by atoms with Crippen LogP contribution < -0.4 is 5.32 Å². The molecule has 0 aliphatic carbocycles. The van der Waals surface area contributed by atoms with Crippen LogP contribution >= 0.6 is 11.3 Å². The molecule has 0 saturated carbocycles. The lowest BCUT2D eigenvalue weighted by Crippen LogP contribution is -2.26. The zero-order valence-electron chi connectivity index (χ0n) is 10.5. The Balaban J connectivity index is 2.02. The Kier molecular flexibility index (Phi) is 4.10. The molecule has 3 nitrogen and oxygen atoms in total. The Morgan fingerprint density at radius 1 is 1.39 bits per heavy atom. The topological polar surface area (TPSA) is 42.0 Å². The number of nitrogens with one attached hydrogen (secondary N) is 1. The first-order chi connectivity index (χ1) is 8.70. The molecule has 1 aromatic heterocycles. The molecule has 4 heteroatoms. The monoisotopic (exact) mass is 260 g/mol. The van der Waals surface area contributed by atoms with Crippen LogP contribution in [-0.2, 0) is 6.42 Å². The van der Waals surface area contributed by atoms with Crippen molar-refractivity contribution in [1.29, 1.82) is 0 Å². The molecule has 0 aliphatic rings. The maximum Gasteiger partial charge on any atom is 0.271 e. The maximum absolute atomic E-state index is 11.8. The van der Waals surface area contributed by atoms with Crippen molar-refractivity contribution >= 4 is 17.2 Å². The zero-order valence-corrected chi connectivity index (χ0v) is 11.3. The van der Waals surface area contributed by atoms with Crippen LogP contribution in [0.3, 0.4) is 0 Å². The number of amides is 1. The molecular weight excluding hydrogens is 244 g/mol. The van der Waals surface area contributed by atoms with E-state index in [1.165, 1.54) is 16.9 Å². The molecule has 18 heavy (non-hydrogen) atoms. The summed E-state index contributed by atoms with van der Waals surface area (Å²) in [7, 11) is 0. The molecule has 2 aromatic rings. The lowest BCUT2D eigenvalue weighted by Gasteiger charge is -2.13. The minimum Gasteiger partial charge on any atom is -0.344 e. The first-order valence-corrected chi connectivity index (χ1v) is 6.93. The third kappa shape index (κ3) is 2.96. The molecule has 0 bridgehead atoms. The second kappa shape index (κ2) is 5.78. The van der Waals surface area contributed by atoms with Gasteiger partial charge < -0.3 is 5.32 Å². The number of aryl methyl sites for hydroxylation is 1. The quantitative estimate of drug-likeness (QED) is 0.917. The van der Waals surface area contributed by atoms with Crippen LogP contribution in [0.25, 0.3) is 0 Å². The third-order valence-electron chi connectivity index (χ3n) is 2.90. The van der Waals surface area contributed by atoms with Crippen LogP contribution in [0, 0.1) is 0 Å². The van der Waals surface area contributed by atoms with E-state index in [0.717, 1.165) is 12.0 Å². The van der Waals surface area contributed by atoms with E-state index < -0.39 is 0 Å². The summed E-state index contributed by atoms with van der Waals surface area (Å²) in [6, 6.07) is 8.31. The van der Waals surface area contributed by atoms with Crippen molar-refractivity contribution in [3.63, 3.8) is 0 Å². The standard InChI is InChI=1S/C14H16N2OS/c1-3-11-4-6-12(7-5-11)10(2)16-14(17)13-8-18-9-15-13/h4-10H,3H2,1-2H3,(H,16,17). The largest absolute Gasteiger partial charge is 0.344 e. The summed E-state index contributed by atoms with van der Waals surface area (Å²) >= 11 is 1.42. The molecule has 0 aliphatic heterocycles. The van der Waals surface area contributed by atoms with Gasteiger partial charge in [0.2, 0.25) is 0 Å². The minimum absolute atomic E-state index is 0.00916. The average Bonchev–Trinajstić information content (AvgIpc) is 2.92. The van der Waals surface area contributed by atoms with Crippen LogP contribution in [0.5, 0.6) is 0 Å². The fourth-order valence-corrected chi connectivity index (χ4v) is 2.25. The fraction of sp³-hybridized carbons (Fsp3) is 0.286. The highest BCUT2D eigenvalue weighted by Crippen LogP contribution is 2.14. The number of rotatable bonds is 4. The summed E-state index contributed by atoms with van der Waals surface area (Å²) in [5.74, 6) is -0.122. The lowest BCUT2D eigenvalue weighted by atomic mass is 10.0. The molecule has 94 valence electrons. The fourth-order valence-electron chi connectivity index (χ4n) is 1.72. The van der Waals surface area contributed by atoms with Gasteiger partial charge in [0.15, 0.2) is 0 Å². The van der Waals surface area contributed by atoms with Gasteiger partial charge in [0, 0.05) is 5.38 Å². The average molecular weight is 260 g/mol. The number of aromatic nitrogens is 1. The number of carbonyl (C=O) groups excluding carboxylic acids is 1. The third-order valence-corrected chi connectivity index (χ3v) is 3.49. The normalized spacial score (nSPS) is 12.1. The van der Waals surface area contributed by atoms with Gasteiger partial charge in [-0.15, -0.1) is 11.3 Å². The Bertz CT molecular complexity index is 505. The molecule has 0 spiro atoms. The van der Waals surface area contributed by atoms with Crippen LogP contribution in [0.2, 0.25) is 0 Å². The van der Waals surface area contributed by atoms with Gasteiger partial charge in [0.1, 0.15) is 5.69 Å². The number of benzene rings is 1. The van der Waals surface area contributed by atoms with Crippen LogP contribution in [0.15, 0.2) is 35.2 Å². The molecular formula is C14H16N2OS. The molecule has 1 N–H and O–H groups in total. The van der Waals surface area contributed by atoms with Gasteiger partial charge in [-0.05, 0) is 24.5 Å². The SMILES string of the molecule is CCc1ccc(C(C)NC(=O)c2cscn2)cc1. The van der Waals surface area contributed by atoms with Crippen molar-refractivity contribution in [1.82, 2.24) is 10.3 Å². The van der Waals surface area contributed by atoms with Gasteiger partial charge in [-0.2, -0.15) is 0 Å². The molecule has 1 unspecified atom stereocenters. The van der Waals surface area contributed by atoms with Gasteiger partial charge in [0.25, 0.3) is 5.91 Å². The Morgan fingerprint density at radius 2 is 2.11 bits per heavy atom. The first-order valence-electron chi connectivity index (χ1n) is 5.98. The zero-order chi connectivity index (χ0) is 13.0. The van der Waals surface area contributed by atoms with E-state index in [4.69, 9.17) is 0 Å². The van der Waals surface area contributed by atoms with E-state index in [1.54, 1.807) is 10.9 Å². The molecule has 1 amide bonds. The second-order valence-electron chi connectivity index (χ2n) is 4.16. The smallest absolute Gasteiger partial charge is 0.271 e. The van der Waals surface area contributed by atoms with Crippen molar-refractivity contribution in [3.8, 4) is 0 Å². The van der Waals surface area contributed by atoms with Gasteiger partial charge in [0.05, 0.1) is 11.6 Å². The molecule has 2 rings (SSSR count). The number of carbonyl (C=O) groups is 1. The predicted molar refractivity (Wildman–Crippen MR) is 73.8 cm³/mol. The van der Waals surface area contributed by atoms with Crippen LogP contribution in [0.4, 0.5) is 0 Å². The summed E-state index contributed by atoms with van der Waals surface area (Å²) in [6.45, 7) is 4.10. The molecule has 0 fully saturated rings. The first kappa shape index (κ1) is 12.8. The van der Waals surface area contributed by atoms with E-state index in [1.807, 2.05) is 6.92 Å². The van der Waals surface area contributed by atoms with Crippen molar-refractivity contribution in [2.75, 3.05) is 0 Å². The van der Waals surface area contributed by atoms with E-state index in [9.17, 15) is 4.79 Å². The highest BCUT2D eigenvalue weighted by Gasteiger charge is 2.12. The van der Waals surface area contributed by atoms with E-state index in [-0.39, 0.29) is 11.9 Å². The number of hydrogen-bond donors (Lipinski definition) is 1. The number of thiazole rings is 1. The summed E-state index contributed by atoms with van der Waals surface area (Å²) in [5.41, 5.74) is 4.56. The summed E-state index contributed by atoms with van der Waals surface area (Å²) < 4.78 is 0. The summed E-state index contributed by atoms with van der Waals surface area (Å²) in [5, 5.41) is 4.69. The van der Waals surface area contributed by atoms with Crippen molar-refractivity contribution < 1.29 is 4.79 Å². The highest BCUT2D eigenvalue weighted by atomic mass is 32.1. The van der Waals surface area contributed by atoms with Crippen LogP contribution in [0.1, 0.15) is 41.5 Å². The molecule has 0 radical (unpaired) electrons. The Labute approximate surface area is 111 Å². The summed E-state index contributed by atoms with van der Waals surface area (Å²) in [4.78, 5) is 15.8. The van der Waals surface area contributed by atoms with Crippen LogP contribution in [-0.4, -0.2) is 10.9 Å². The van der Waals surface area contributed by atoms with Gasteiger partial charge in [-0.3, -0.25) is 4.79 Å². The van der Waals surface area contributed by atoms with E-state index in [2.05, 4.69) is 41.5 Å². The van der Waals surface area contributed by atoms with E-state index in [0.29, 0.717) is 5.69 Å². The van der Waals surface area contributed by atoms with Crippen molar-refractivity contribution in [3.05, 3.63) is 52.0 Å². The summed E-state index contributed by atoms with van der Waals surface area (Å²) in [6.07, 6.45) is 1.03. The van der Waals surface area contributed by atoms with Crippen molar-refractivity contribution in [2.45, 2.75) is 26.3 Å². The van der Waals surface area contributed by atoms with Gasteiger partial charge in [-0.1, -0.05) is 31.2 Å². The molecule has 1 heterocycles. The van der Waals surface area contributed by atoms with Crippen molar-refractivity contribution in [2.24, 2.45) is 0 Å². The number of hydrogen-bond acceptors (Lipinski definition) is 3. The van der Waals surface area contributed by atoms with Gasteiger partial charge >= 0.3 is 0 Å². The lowest BCUT2D eigenvalue weighted by molar-refractivity contribution is 0.0935. The predicted octanol–water partition coefficient (Wildman–Crippen LogP) is 3.20. The molecule has 1 atom stereocenters. The van der Waals surface area contributed by atoms with Gasteiger partial charge in [-0.25, -0.2) is 4.98 Å². The molecule has 1 aromatic carbocycles. The maximum atomic E-state index is 11.8. The minimum atomic E-state index is -0.122. The number of nitrogens with zero attached hydrogens (tertiary/aromatic N) is 1. The Morgan fingerprint density at radius 3 is 2.67 bits per heavy atom. The second-order valence-corrected chi connectivity index (χ2v) is 4.88. The molecule has 0 saturated heterocycles. The Hall–Kier alpha value is -1.68. The van der Waals surface area contributed by atoms with E-state index >= 15 is 0 Å².